The fourth-order valence-corrected chi connectivity index (χ4v) is 3.82. The highest BCUT2D eigenvalue weighted by Crippen LogP contribution is 2.45. The van der Waals surface area contributed by atoms with Gasteiger partial charge >= 0.3 is 0 Å². The van der Waals surface area contributed by atoms with Crippen molar-refractivity contribution in [2.24, 2.45) is 5.92 Å². The minimum absolute atomic E-state index is 0.213. The summed E-state index contributed by atoms with van der Waals surface area (Å²) in [5.74, 6) is 0.953. The Labute approximate surface area is 125 Å². The number of nitrogens with one attached hydrogen (secondary N) is 1. The van der Waals surface area contributed by atoms with Crippen LogP contribution in [0.15, 0.2) is 24.3 Å². The molecule has 0 spiro atoms. The van der Waals surface area contributed by atoms with E-state index >= 15 is 0 Å². The fourth-order valence-electron chi connectivity index (χ4n) is 3.63. The standard InChI is InChI=1S/C17H22ClNO/c1-12-6-7-15(10-12)19-16(20)17(8-3-9-17)13-4-2-5-14(18)11-13/h2,4-5,11-12,15H,3,6-10H2,1H3,(H,19,20). The van der Waals surface area contributed by atoms with Crippen molar-refractivity contribution in [3.8, 4) is 0 Å². The van der Waals surface area contributed by atoms with E-state index in [1.807, 2.05) is 24.3 Å². The molecule has 3 rings (SSSR count). The summed E-state index contributed by atoms with van der Waals surface area (Å²) in [6.45, 7) is 2.27. The number of benzene rings is 1. The van der Waals surface area contributed by atoms with Crippen LogP contribution in [0.1, 0.15) is 51.0 Å². The lowest BCUT2D eigenvalue weighted by Crippen LogP contribution is -2.51. The van der Waals surface area contributed by atoms with Crippen molar-refractivity contribution in [2.75, 3.05) is 0 Å². The zero-order valence-electron chi connectivity index (χ0n) is 12.0. The van der Waals surface area contributed by atoms with Crippen LogP contribution in [-0.2, 0) is 10.2 Å². The van der Waals surface area contributed by atoms with Gasteiger partial charge in [0.05, 0.1) is 5.41 Å². The second-order valence-corrected chi connectivity index (χ2v) is 6.97. The average molecular weight is 292 g/mol. The lowest BCUT2D eigenvalue weighted by atomic mass is 9.63. The van der Waals surface area contributed by atoms with E-state index in [0.29, 0.717) is 6.04 Å². The molecular weight excluding hydrogens is 270 g/mol. The number of halogens is 1. The summed E-state index contributed by atoms with van der Waals surface area (Å²) >= 11 is 6.09. The van der Waals surface area contributed by atoms with Crippen molar-refractivity contribution in [1.82, 2.24) is 5.32 Å². The van der Waals surface area contributed by atoms with Crippen LogP contribution in [0.25, 0.3) is 0 Å². The molecule has 108 valence electrons. The van der Waals surface area contributed by atoms with Gasteiger partial charge in [-0.1, -0.05) is 37.1 Å². The molecule has 0 aromatic heterocycles. The Morgan fingerprint density at radius 3 is 2.70 bits per heavy atom. The normalized spacial score (nSPS) is 27.9. The van der Waals surface area contributed by atoms with Gasteiger partial charge in [0, 0.05) is 11.1 Å². The monoisotopic (exact) mass is 291 g/mol. The van der Waals surface area contributed by atoms with Gasteiger partial charge in [-0.15, -0.1) is 0 Å². The second kappa shape index (κ2) is 5.40. The van der Waals surface area contributed by atoms with E-state index in [1.165, 1.54) is 6.42 Å². The maximum atomic E-state index is 12.8. The predicted octanol–water partition coefficient (Wildman–Crippen LogP) is 4.07. The molecule has 2 fully saturated rings. The molecule has 0 saturated heterocycles. The van der Waals surface area contributed by atoms with Crippen molar-refractivity contribution in [2.45, 2.75) is 56.9 Å². The molecular formula is C17H22ClNO. The summed E-state index contributed by atoms with van der Waals surface area (Å²) in [5, 5.41) is 4.01. The van der Waals surface area contributed by atoms with Crippen LogP contribution in [0, 0.1) is 5.92 Å². The summed E-state index contributed by atoms with van der Waals surface area (Å²) in [5.41, 5.74) is 0.760. The third kappa shape index (κ3) is 2.46. The van der Waals surface area contributed by atoms with Gasteiger partial charge in [0.15, 0.2) is 0 Å². The lowest BCUT2D eigenvalue weighted by molar-refractivity contribution is -0.130. The second-order valence-electron chi connectivity index (χ2n) is 6.53. The molecule has 2 atom stereocenters. The third-order valence-corrected chi connectivity index (χ3v) is 5.28. The highest BCUT2D eigenvalue weighted by atomic mass is 35.5. The molecule has 2 unspecified atom stereocenters. The predicted molar refractivity (Wildman–Crippen MR) is 81.9 cm³/mol. The fraction of sp³-hybridized carbons (Fsp3) is 0.588. The van der Waals surface area contributed by atoms with Gasteiger partial charge in [-0.3, -0.25) is 4.79 Å². The van der Waals surface area contributed by atoms with Crippen LogP contribution in [0.5, 0.6) is 0 Å². The van der Waals surface area contributed by atoms with Crippen LogP contribution in [-0.4, -0.2) is 11.9 Å². The van der Waals surface area contributed by atoms with Crippen LogP contribution < -0.4 is 5.32 Å². The highest BCUT2D eigenvalue weighted by Gasteiger charge is 2.46. The smallest absolute Gasteiger partial charge is 0.230 e. The minimum atomic E-state index is -0.323. The quantitative estimate of drug-likeness (QED) is 0.894. The Balaban J connectivity index is 1.77. The molecule has 1 aromatic carbocycles. The number of rotatable bonds is 3. The molecule has 0 aliphatic heterocycles. The van der Waals surface area contributed by atoms with Gasteiger partial charge in [0.25, 0.3) is 0 Å². The largest absolute Gasteiger partial charge is 0.353 e. The first-order valence-electron chi connectivity index (χ1n) is 7.67. The summed E-state index contributed by atoms with van der Waals surface area (Å²) < 4.78 is 0. The topological polar surface area (TPSA) is 29.1 Å². The molecule has 2 aliphatic carbocycles. The number of hydrogen-bond donors (Lipinski definition) is 1. The highest BCUT2D eigenvalue weighted by molar-refractivity contribution is 6.30. The molecule has 1 N–H and O–H groups in total. The lowest BCUT2D eigenvalue weighted by Gasteiger charge is -2.41. The molecule has 20 heavy (non-hydrogen) atoms. The van der Waals surface area contributed by atoms with Gasteiger partial charge in [-0.05, 0) is 55.7 Å². The first kappa shape index (κ1) is 13.9. The van der Waals surface area contributed by atoms with E-state index < -0.39 is 0 Å². The van der Waals surface area contributed by atoms with Crippen LogP contribution in [0.4, 0.5) is 0 Å². The number of carbonyl (C=O) groups is 1. The van der Waals surface area contributed by atoms with Crippen molar-refractivity contribution in [3.63, 3.8) is 0 Å². The van der Waals surface area contributed by atoms with Crippen LogP contribution in [0.2, 0.25) is 5.02 Å². The maximum Gasteiger partial charge on any atom is 0.230 e. The molecule has 0 heterocycles. The first-order valence-corrected chi connectivity index (χ1v) is 8.05. The molecule has 1 amide bonds. The molecule has 2 aliphatic rings. The van der Waals surface area contributed by atoms with Crippen molar-refractivity contribution in [1.29, 1.82) is 0 Å². The number of hydrogen-bond acceptors (Lipinski definition) is 1. The average Bonchev–Trinajstić information content (AvgIpc) is 2.73. The zero-order valence-corrected chi connectivity index (χ0v) is 12.7. The minimum Gasteiger partial charge on any atom is -0.353 e. The Morgan fingerprint density at radius 2 is 2.15 bits per heavy atom. The van der Waals surface area contributed by atoms with Crippen molar-refractivity contribution < 1.29 is 4.79 Å². The van der Waals surface area contributed by atoms with Gasteiger partial charge in [-0.25, -0.2) is 0 Å². The molecule has 2 nitrogen and oxygen atoms in total. The Morgan fingerprint density at radius 1 is 1.35 bits per heavy atom. The van der Waals surface area contributed by atoms with Crippen molar-refractivity contribution in [3.05, 3.63) is 34.9 Å². The molecule has 0 radical (unpaired) electrons. The van der Waals surface area contributed by atoms with E-state index in [0.717, 1.165) is 48.6 Å². The maximum absolute atomic E-state index is 12.8. The Bertz CT molecular complexity index is 509. The third-order valence-electron chi connectivity index (χ3n) is 5.05. The molecule has 3 heteroatoms. The SMILES string of the molecule is CC1CCC(NC(=O)C2(c3cccc(Cl)c3)CCC2)C1. The summed E-state index contributed by atoms with van der Waals surface area (Å²) in [6, 6.07) is 8.19. The van der Waals surface area contributed by atoms with E-state index in [4.69, 9.17) is 11.6 Å². The Kier molecular flexibility index (Phi) is 3.76. The van der Waals surface area contributed by atoms with Gasteiger partial charge in [0.2, 0.25) is 5.91 Å². The van der Waals surface area contributed by atoms with Crippen LogP contribution in [0.3, 0.4) is 0 Å². The zero-order chi connectivity index (χ0) is 14.2. The first-order chi connectivity index (χ1) is 9.60. The molecule has 1 aromatic rings. The summed E-state index contributed by atoms with van der Waals surface area (Å²) in [7, 11) is 0. The van der Waals surface area contributed by atoms with Crippen LogP contribution >= 0.6 is 11.6 Å². The number of carbonyl (C=O) groups excluding carboxylic acids is 1. The van der Waals surface area contributed by atoms with Gasteiger partial charge < -0.3 is 5.32 Å². The Hall–Kier alpha value is -1.02. The summed E-state index contributed by atoms with van der Waals surface area (Å²) in [6.07, 6.45) is 6.49. The van der Waals surface area contributed by atoms with E-state index in [9.17, 15) is 4.79 Å². The summed E-state index contributed by atoms with van der Waals surface area (Å²) in [4.78, 5) is 12.8. The van der Waals surface area contributed by atoms with Gasteiger partial charge in [-0.2, -0.15) is 0 Å². The number of amides is 1. The van der Waals surface area contributed by atoms with E-state index in [-0.39, 0.29) is 11.3 Å². The molecule has 2 saturated carbocycles. The van der Waals surface area contributed by atoms with E-state index in [2.05, 4.69) is 12.2 Å². The van der Waals surface area contributed by atoms with Crippen molar-refractivity contribution >= 4 is 17.5 Å². The van der Waals surface area contributed by atoms with Gasteiger partial charge in [0.1, 0.15) is 0 Å². The van der Waals surface area contributed by atoms with E-state index in [1.54, 1.807) is 0 Å². The molecule has 0 bridgehead atoms.